The lowest BCUT2D eigenvalue weighted by Crippen LogP contribution is -2.17. The molecule has 148 valence electrons. The number of hydrazone groups is 1. The summed E-state index contributed by atoms with van der Waals surface area (Å²) in [4.78, 5) is 12.1. The molecule has 29 heavy (non-hydrogen) atoms. The van der Waals surface area contributed by atoms with Gasteiger partial charge in [-0.15, -0.1) is 0 Å². The van der Waals surface area contributed by atoms with Crippen LogP contribution in [0.3, 0.4) is 0 Å². The molecule has 0 saturated heterocycles. The number of ether oxygens (including phenoxy) is 2. The Bertz CT molecular complexity index is 1040. The van der Waals surface area contributed by atoms with Crippen molar-refractivity contribution in [2.75, 3.05) is 7.11 Å². The van der Waals surface area contributed by atoms with Gasteiger partial charge in [-0.2, -0.15) is 5.10 Å². The predicted octanol–water partition coefficient (Wildman–Crippen LogP) is 5.34. The Kier molecular flexibility index (Phi) is 7.11. The van der Waals surface area contributed by atoms with Gasteiger partial charge in [0.05, 0.1) is 23.9 Å². The summed E-state index contributed by atoms with van der Waals surface area (Å²) in [6.07, 6.45) is 1.51. The number of nitrogens with one attached hydrogen (secondary N) is 1. The van der Waals surface area contributed by atoms with Crippen LogP contribution in [0.2, 0.25) is 10.0 Å². The van der Waals surface area contributed by atoms with Crippen LogP contribution >= 0.6 is 23.2 Å². The summed E-state index contributed by atoms with van der Waals surface area (Å²) in [7, 11) is 1.55. The van der Waals surface area contributed by atoms with Gasteiger partial charge in [0.2, 0.25) is 0 Å². The molecule has 0 fully saturated rings. The molecule has 0 atom stereocenters. The van der Waals surface area contributed by atoms with Crippen LogP contribution in [0.1, 0.15) is 21.5 Å². The normalized spacial score (nSPS) is 10.7. The van der Waals surface area contributed by atoms with Crippen LogP contribution in [0.5, 0.6) is 11.5 Å². The summed E-state index contributed by atoms with van der Waals surface area (Å²) < 4.78 is 11.2. The van der Waals surface area contributed by atoms with Crippen LogP contribution in [-0.2, 0) is 6.61 Å². The number of carbonyl (C=O) groups excluding carboxylic acids is 1. The van der Waals surface area contributed by atoms with Crippen molar-refractivity contribution >= 4 is 35.3 Å². The number of methoxy groups -OCH3 is 1. The van der Waals surface area contributed by atoms with Crippen molar-refractivity contribution < 1.29 is 14.3 Å². The highest BCUT2D eigenvalue weighted by atomic mass is 35.5. The van der Waals surface area contributed by atoms with Gasteiger partial charge in [-0.3, -0.25) is 4.79 Å². The van der Waals surface area contributed by atoms with Gasteiger partial charge in [0, 0.05) is 10.6 Å². The molecular formula is C22H18Cl2N2O3. The molecular weight excluding hydrogens is 411 g/mol. The van der Waals surface area contributed by atoms with Gasteiger partial charge >= 0.3 is 0 Å². The third-order valence-electron chi connectivity index (χ3n) is 4.03. The van der Waals surface area contributed by atoms with Gasteiger partial charge in [0.15, 0.2) is 11.5 Å². The monoisotopic (exact) mass is 428 g/mol. The Morgan fingerprint density at radius 2 is 1.72 bits per heavy atom. The number of amides is 1. The van der Waals surface area contributed by atoms with Gasteiger partial charge in [0.25, 0.3) is 5.91 Å². The minimum Gasteiger partial charge on any atom is -0.493 e. The van der Waals surface area contributed by atoms with Gasteiger partial charge in [-0.05, 0) is 42.0 Å². The fourth-order valence-corrected chi connectivity index (χ4v) is 2.94. The molecule has 5 nitrogen and oxygen atoms in total. The van der Waals surface area contributed by atoms with Crippen LogP contribution < -0.4 is 14.9 Å². The Balaban J connectivity index is 1.65. The van der Waals surface area contributed by atoms with Crippen molar-refractivity contribution in [2.45, 2.75) is 6.61 Å². The molecule has 3 aromatic carbocycles. The second-order valence-corrected chi connectivity index (χ2v) is 6.78. The molecule has 0 spiro atoms. The molecule has 7 heteroatoms. The topological polar surface area (TPSA) is 59.9 Å². The Morgan fingerprint density at radius 3 is 2.45 bits per heavy atom. The van der Waals surface area contributed by atoms with Crippen LogP contribution in [0, 0.1) is 0 Å². The average Bonchev–Trinajstić information content (AvgIpc) is 2.74. The van der Waals surface area contributed by atoms with Gasteiger partial charge in [0.1, 0.15) is 6.61 Å². The molecule has 0 aliphatic carbocycles. The van der Waals surface area contributed by atoms with Crippen molar-refractivity contribution in [3.8, 4) is 11.5 Å². The minimum atomic E-state index is -0.390. The SMILES string of the molecule is COc1cc(/C=N/NC(=O)c2ccccc2Cl)ccc1OCc1ccccc1Cl. The van der Waals surface area contributed by atoms with Gasteiger partial charge < -0.3 is 9.47 Å². The molecule has 0 saturated carbocycles. The van der Waals surface area contributed by atoms with Gasteiger partial charge in [-0.1, -0.05) is 53.5 Å². The second kappa shape index (κ2) is 9.96. The minimum absolute atomic E-state index is 0.317. The van der Waals surface area contributed by atoms with E-state index in [2.05, 4.69) is 10.5 Å². The van der Waals surface area contributed by atoms with Crippen molar-refractivity contribution in [1.29, 1.82) is 0 Å². The van der Waals surface area contributed by atoms with E-state index in [1.807, 2.05) is 24.3 Å². The molecule has 0 heterocycles. The van der Waals surface area contributed by atoms with Crippen molar-refractivity contribution in [3.05, 3.63) is 93.5 Å². The number of halogens is 2. The molecule has 3 rings (SSSR count). The highest BCUT2D eigenvalue weighted by Gasteiger charge is 2.09. The standard InChI is InChI=1S/C22H18Cl2N2O3/c1-28-21-12-15(13-25-26-22(27)17-7-3-5-9-19(17)24)10-11-20(21)29-14-16-6-2-4-8-18(16)23/h2-13H,14H2,1H3,(H,26,27)/b25-13+. The first-order chi connectivity index (χ1) is 14.1. The molecule has 0 aromatic heterocycles. The lowest BCUT2D eigenvalue weighted by atomic mass is 10.2. The summed E-state index contributed by atoms with van der Waals surface area (Å²) in [6.45, 7) is 0.317. The fraction of sp³-hybridized carbons (Fsp3) is 0.0909. The third-order valence-corrected chi connectivity index (χ3v) is 4.73. The summed E-state index contributed by atoms with van der Waals surface area (Å²) in [5.41, 5.74) is 4.41. The van der Waals surface area contributed by atoms with E-state index >= 15 is 0 Å². The predicted molar refractivity (Wildman–Crippen MR) is 115 cm³/mol. The first-order valence-electron chi connectivity index (χ1n) is 8.70. The van der Waals surface area contributed by atoms with E-state index in [1.165, 1.54) is 6.21 Å². The van der Waals surface area contributed by atoms with E-state index in [-0.39, 0.29) is 0 Å². The van der Waals surface area contributed by atoms with E-state index in [0.29, 0.717) is 33.7 Å². The number of hydrogen-bond acceptors (Lipinski definition) is 4. The first-order valence-corrected chi connectivity index (χ1v) is 9.46. The molecule has 1 N–H and O–H groups in total. The maximum Gasteiger partial charge on any atom is 0.272 e. The van der Waals surface area contributed by atoms with Gasteiger partial charge in [-0.25, -0.2) is 5.43 Å². The van der Waals surface area contributed by atoms with E-state index in [9.17, 15) is 4.79 Å². The molecule has 3 aromatic rings. The average molecular weight is 429 g/mol. The number of benzene rings is 3. The molecule has 0 unspecified atom stereocenters. The molecule has 0 radical (unpaired) electrons. The molecule has 1 amide bonds. The van der Waals surface area contributed by atoms with E-state index in [0.717, 1.165) is 11.1 Å². The quantitative estimate of drug-likeness (QED) is 0.407. The van der Waals surface area contributed by atoms with E-state index in [1.54, 1.807) is 49.6 Å². The highest BCUT2D eigenvalue weighted by molar-refractivity contribution is 6.33. The van der Waals surface area contributed by atoms with E-state index < -0.39 is 5.91 Å². The number of nitrogens with zero attached hydrogens (tertiary/aromatic N) is 1. The smallest absolute Gasteiger partial charge is 0.272 e. The van der Waals surface area contributed by atoms with Crippen molar-refractivity contribution in [2.24, 2.45) is 5.10 Å². The maximum absolute atomic E-state index is 12.1. The lowest BCUT2D eigenvalue weighted by molar-refractivity contribution is 0.0955. The highest BCUT2D eigenvalue weighted by Crippen LogP contribution is 2.29. The zero-order valence-corrected chi connectivity index (χ0v) is 17.1. The molecule has 0 aliphatic rings. The van der Waals surface area contributed by atoms with Crippen molar-refractivity contribution in [1.82, 2.24) is 5.43 Å². The largest absolute Gasteiger partial charge is 0.493 e. The molecule has 0 bridgehead atoms. The van der Waals surface area contributed by atoms with Crippen molar-refractivity contribution in [3.63, 3.8) is 0 Å². The molecule has 0 aliphatic heterocycles. The van der Waals surface area contributed by atoms with E-state index in [4.69, 9.17) is 32.7 Å². The first kappa shape index (κ1) is 20.7. The number of hydrogen-bond donors (Lipinski definition) is 1. The Morgan fingerprint density at radius 1 is 1.00 bits per heavy atom. The lowest BCUT2D eigenvalue weighted by Gasteiger charge is -2.12. The number of carbonyl (C=O) groups is 1. The van der Waals surface area contributed by atoms with Crippen LogP contribution in [-0.4, -0.2) is 19.2 Å². The number of rotatable bonds is 7. The van der Waals surface area contributed by atoms with Crippen LogP contribution in [0.25, 0.3) is 0 Å². The maximum atomic E-state index is 12.1. The fourth-order valence-electron chi connectivity index (χ4n) is 2.53. The summed E-state index contributed by atoms with van der Waals surface area (Å²) in [6, 6.07) is 19.6. The summed E-state index contributed by atoms with van der Waals surface area (Å²) in [5.74, 6) is 0.724. The van der Waals surface area contributed by atoms with Crippen LogP contribution in [0.4, 0.5) is 0 Å². The zero-order valence-electron chi connectivity index (χ0n) is 15.6. The zero-order chi connectivity index (χ0) is 20.6. The second-order valence-electron chi connectivity index (χ2n) is 5.97. The summed E-state index contributed by atoms with van der Waals surface area (Å²) in [5, 5.41) is 4.98. The summed E-state index contributed by atoms with van der Waals surface area (Å²) >= 11 is 12.2. The van der Waals surface area contributed by atoms with Crippen LogP contribution in [0.15, 0.2) is 71.8 Å². The third kappa shape index (κ3) is 5.50. The Hall–Kier alpha value is -3.02. The Labute approximate surface area is 178 Å².